The third kappa shape index (κ3) is 6.35. The standard InChI is InChI=1S/C22H24F2N2O5S/c1-25(16-18-2-7-19(8-3-18)31-22(23)24)21(27)11-6-17-4-9-20(10-5-17)32(28,29)26-12-14-30-15-13-26/h2-11,22H,12-16H2,1H3/b11-6+. The van der Waals surface area contributed by atoms with Gasteiger partial charge in [-0.15, -0.1) is 0 Å². The average Bonchev–Trinajstić information content (AvgIpc) is 2.79. The van der Waals surface area contributed by atoms with Crippen molar-refractivity contribution in [3.8, 4) is 5.75 Å². The molecular weight excluding hydrogens is 442 g/mol. The first kappa shape index (κ1) is 23.8. The third-order valence-electron chi connectivity index (χ3n) is 4.85. The summed E-state index contributed by atoms with van der Waals surface area (Å²) in [5.41, 5.74) is 1.44. The molecule has 1 aliphatic heterocycles. The van der Waals surface area contributed by atoms with Crippen LogP contribution >= 0.6 is 0 Å². The van der Waals surface area contributed by atoms with Crippen LogP contribution in [0.25, 0.3) is 6.08 Å². The summed E-state index contributed by atoms with van der Waals surface area (Å²) in [6.45, 7) is -1.19. The Morgan fingerprint density at radius 1 is 1.12 bits per heavy atom. The molecule has 0 aromatic heterocycles. The van der Waals surface area contributed by atoms with E-state index in [1.807, 2.05) is 0 Å². The number of halogens is 2. The van der Waals surface area contributed by atoms with Crippen molar-refractivity contribution in [1.82, 2.24) is 9.21 Å². The Balaban J connectivity index is 1.57. The van der Waals surface area contributed by atoms with Crippen LogP contribution < -0.4 is 4.74 Å². The smallest absolute Gasteiger partial charge is 0.387 e. The van der Waals surface area contributed by atoms with Gasteiger partial charge in [-0.3, -0.25) is 4.79 Å². The summed E-state index contributed by atoms with van der Waals surface area (Å²) in [4.78, 5) is 14.0. The number of rotatable bonds is 8. The Labute approximate surface area is 185 Å². The van der Waals surface area contributed by atoms with E-state index < -0.39 is 16.6 Å². The van der Waals surface area contributed by atoms with Crippen LogP contribution in [0.4, 0.5) is 8.78 Å². The number of hydrogen-bond donors (Lipinski definition) is 0. The van der Waals surface area contributed by atoms with Crippen molar-refractivity contribution in [2.24, 2.45) is 0 Å². The van der Waals surface area contributed by atoms with Gasteiger partial charge < -0.3 is 14.4 Å². The number of sulfonamides is 1. The molecular formula is C22H24F2N2O5S. The van der Waals surface area contributed by atoms with Gasteiger partial charge in [0.05, 0.1) is 18.1 Å². The number of amides is 1. The van der Waals surface area contributed by atoms with Gasteiger partial charge in [-0.2, -0.15) is 13.1 Å². The van der Waals surface area contributed by atoms with E-state index in [0.717, 1.165) is 5.56 Å². The first-order valence-electron chi connectivity index (χ1n) is 9.90. The fourth-order valence-electron chi connectivity index (χ4n) is 3.11. The highest BCUT2D eigenvalue weighted by atomic mass is 32.2. The van der Waals surface area contributed by atoms with E-state index in [9.17, 15) is 22.0 Å². The van der Waals surface area contributed by atoms with Crippen LogP contribution in [0.15, 0.2) is 59.5 Å². The molecule has 1 heterocycles. The summed E-state index contributed by atoms with van der Waals surface area (Å²) >= 11 is 0. The minimum absolute atomic E-state index is 0.0525. The van der Waals surface area contributed by atoms with Crippen LogP contribution in [-0.4, -0.2) is 63.5 Å². The number of alkyl halides is 2. The molecule has 1 saturated heterocycles. The highest BCUT2D eigenvalue weighted by molar-refractivity contribution is 7.89. The molecule has 0 unspecified atom stereocenters. The topological polar surface area (TPSA) is 76.2 Å². The number of carbonyl (C=O) groups is 1. The van der Waals surface area contributed by atoms with Crippen LogP contribution in [0.1, 0.15) is 11.1 Å². The van der Waals surface area contributed by atoms with Crippen LogP contribution in [0.3, 0.4) is 0 Å². The van der Waals surface area contributed by atoms with E-state index in [-0.39, 0.29) is 23.1 Å². The maximum absolute atomic E-state index is 12.6. The predicted molar refractivity (Wildman–Crippen MR) is 115 cm³/mol. The van der Waals surface area contributed by atoms with Crippen LogP contribution in [0.5, 0.6) is 5.75 Å². The van der Waals surface area contributed by atoms with E-state index in [4.69, 9.17) is 4.74 Å². The number of nitrogens with zero attached hydrogens (tertiary/aromatic N) is 2. The lowest BCUT2D eigenvalue weighted by Crippen LogP contribution is -2.40. The first-order chi connectivity index (χ1) is 15.3. The van der Waals surface area contributed by atoms with Gasteiger partial charge in [0.25, 0.3) is 0 Å². The van der Waals surface area contributed by atoms with E-state index in [1.54, 1.807) is 37.4 Å². The molecule has 172 valence electrons. The second kappa shape index (κ2) is 10.7. The Hall–Kier alpha value is -2.82. The van der Waals surface area contributed by atoms with Gasteiger partial charge in [-0.25, -0.2) is 8.42 Å². The molecule has 0 aliphatic carbocycles. The third-order valence-corrected chi connectivity index (χ3v) is 6.76. The second-order valence-corrected chi connectivity index (χ2v) is 9.07. The molecule has 1 fully saturated rings. The van der Waals surface area contributed by atoms with Gasteiger partial charge in [0, 0.05) is 32.8 Å². The van der Waals surface area contributed by atoms with Gasteiger partial charge in [0.1, 0.15) is 5.75 Å². The molecule has 0 bridgehead atoms. The van der Waals surface area contributed by atoms with Crippen LogP contribution in [-0.2, 0) is 26.1 Å². The molecule has 0 N–H and O–H groups in total. The SMILES string of the molecule is CN(Cc1ccc(OC(F)F)cc1)C(=O)/C=C/c1ccc(S(=O)(=O)N2CCOCC2)cc1. The predicted octanol–water partition coefficient (Wildman–Crippen LogP) is 2.98. The number of benzene rings is 2. The Morgan fingerprint density at radius 3 is 2.34 bits per heavy atom. The largest absolute Gasteiger partial charge is 0.435 e. The highest BCUT2D eigenvalue weighted by Crippen LogP contribution is 2.19. The molecule has 2 aromatic carbocycles. The lowest BCUT2D eigenvalue weighted by molar-refractivity contribution is -0.125. The monoisotopic (exact) mass is 466 g/mol. The minimum Gasteiger partial charge on any atom is -0.435 e. The summed E-state index contributed by atoms with van der Waals surface area (Å²) in [6, 6.07) is 12.4. The molecule has 0 saturated carbocycles. The molecule has 7 nitrogen and oxygen atoms in total. The van der Waals surface area contributed by atoms with Gasteiger partial charge in [0.15, 0.2) is 0 Å². The number of ether oxygens (including phenoxy) is 2. The fourth-order valence-corrected chi connectivity index (χ4v) is 4.52. The molecule has 1 amide bonds. The quantitative estimate of drug-likeness (QED) is 0.559. The molecule has 3 rings (SSSR count). The summed E-state index contributed by atoms with van der Waals surface area (Å²) in [6.07, 6.45) is 2.99. The van der Waals surface area contributed by atoms with Crippen molar-refractivity contribution < 1.29 is 31.5 Å². The van der Waals surface area contributed by atoms with Crippen molar-refractivity contribution >= 4 is 22.0 Å². The Bertz CT molecular complexity index is 1030. The molecule has 0 spiro atoms. The van der Waals surface area contributed by atoms with Crippen molar-refractivity contribution in [2.75, 3.05) is 33.4 Å². The lowest BCUT2D eigenvalue weighted by Gasteiger charge is -2.26. The highest BCUT2D eigenvalue weighted by Gasteiger charge is 2.25. The van der Waals surface area contributed by atoms with Crippen LogP contribution in [0, 0.1) is 0 Å². The van der Waals surface area contributed by atoms with E-state index in [0.29, 0.717) is 31.9 Å². The van der Waals surface area contributed by atoms with Crippen molar-refractivity contribution in [2.45, 2.75) is 18.1 Å². The molecule has 0 atom stereocenters. The fraction of sp³-hybridized carbons (Fsp3) is 0.318. The van der Waals surface area contributed by atoms with Crippen molar-refractivity contribution in [3.63, 3.8) is 0 Å². The summed E-state index contributed by atoms with van der Waals surface area (Å²) in [5.74, 6) is -0.209. The minimum atomic E-state index is -3.56. The van der Waals surface area contributed by atoms with E-state index in [1.165, 1.54) is 39.5 Å². The van der Waals surface area contributed by atoms with E-state index >= 15 is 0 Å². The zero-order chi connectivity index (χ0) is 23.1. The normalized spacial score (nSPS) is 15.2. The molecule has 1 aliphatic rings. The maximum Gasteiger partial charge on any atom is 0.387 e. The van der Waals surface area contributed by atoms with Crippen molar-refractivity contribution in [3.05, 3.63) is 65.7 Å². The maximum atomic E-state index is 12.6. The number of hydrogen-bond acceptors (Lipinski definition) is 5. The van der Waals surface area contributed by atoms with Gasteiger partial charge in [0.2, 0.25) is 15.9 Å². The molecule has 32 heavy (non-hydrogen) atoms. The Morgan fingerprint density at radius 2 is 1.75 bits per heavy atom. The summed E-state index contributed by atoms with van der Waals surface area (Å²) in [7, 11) is -1.95. The lowest BCUT2D eigenvalue weighted by atomic mass is 10.2. The van der Waals surface area contributed by atoms with Crippen molar-refractivity contribution in [1.29, 1.82) is 0 Å². The number of likely N-dealkylation sites (N-methyl/N-ethyl adjacent to an activating group) is 1. The van der Waals surface area contributed by atoms with Gasteiger partial charge >= 0.3 is 6.61 Å². The Kier molecular flexibility index (Phi) is 7.94. The second-order valence-electron chi connectivity index (χ2n) is 7.14. The number of carbonyl (C=O) groups excluding carboxylic acids is 1. The zero-order valence-electron chi connectivity index (χ0n) is 17.5. The average molecular weight is 467 g/mol. The van der Waals surface area contributed by atoms with Crippen LogP contribution in [0.2, 0.25) is 0 Å². The number of morpholine rings is 1. The van der Waals surface area contributed by atoms with Gasteiger partial charge in [-0.05, 0) is 41.5 Å². The molecule has 2 aromatic rings. The van der Waals surface area contributed by atoms with E-state index in [2.05, 4.69) is 4.74 Å². The molecule has 0 radical (unpaired) electrons. The molecule has 10 heteroatoms. The summed E-state index contributed by atoms with van der Waals surface area (Å²) < 4.78 is 60.6. The summed E-state index contributed by atoms with van der Waals surface area (Å²) in [5, 5.41) is 0. The zero-order valence-corrected chi connectivity index (χ0v) is 18.3. The van der Waals surface area contributed by atoms with Gasteiger partial charge in [-0.1, -0.05) is 24.3 Å². The first-order valence-corrected chi connectivity index (χ1v) is 11.3.